The minimum Gasteiger partial charge on any atom is -0.379 e. The molecule has 1 fully saturated rings. The Morgan fingerprint density at radius 1 is 1.24 bits per heavy atom. The Morgan fingerprint density at radius 3 is 2.67 bits per heavy atom. The number of hydrogen-bond acceptors (Lipinski definition) is 3. The van der Waals surface area contributed by atoms with E-state index in [2.05, 4.69) is 46.3 Å². The molecule has 1 aromatic carbocycles. The molecule has 0 spiro atoms. The first-order valence-electron chi connectivity index (χ1n) is 7.72. The molecule has 21 heavy (non-hydrogen) atoms. The molecule has 0 saturated carbocycles. The van der Waals surface area contributed by atoms with Crippen molar-refractivity contribution in [2.45, 2.75) is 27.3 Å². The fraction of sp³-hybridized carbons (Fsp3) is 0.471. The van der Waals surface area contributed by atoms with E-state index in [4.69, 9.17) is 4.74 Å². The molecule has 1 N–H and O–H groups in total. The van der Waals surface area contributed by atoms with Gasteiger partial charge in [0.05, 0.1) is 25.1 Å². The largest absolute Gasteiger partial charge is 0.379 e. The van der Waals surface area contributed by atoms with Gasteiger partial charge >= 0.3 is 0 Å². The van der Waals surface area contributed by atoms with Crippen molar-refractivity contribution in [1.82, 2.24) is 15.1 Å². The van der Waals surface area contributed by atoms with E-state index in [1.54, 1.807) is 0 Å². The average Bonchev–Trinajstić information content (AvgIpc) is 2.97. The molecule has 1 aliphatic rings. The summed E-state index contributed by atoms with van der Waals surface area (Å²) in [6, 6.07) is 8.68. The Kier molecular flexibility index (Phi) is 5.96. The Morgan fingerprint density at radius 2 is 2.00 bits per heavy atom. The van der Waals surface area contributed by atoms with Crippen LogP contribution in [0.25, 0.3) is 11.3 Å². The van der Waals surface area contributed by atoms with Gasteiger partial charge in [-0.15, -0.1) is 0 Å². The summed E-state index contributed by atoms with van der Waals surface area (Å²) in [5.41, 5.74) is 4.85. The van der Waals surface area contributed by atoms with Gasteiger partial charge in [-0.1, -0.05) is 32.0 Å². The smallest absolute Gasteiger partial charge is 0.0679 e. The van der Waals surface area contributed by atoms with Gasteiger partial charge in [0.15, 0.2) is 0 Å². The number of benzene rings is 1. The Balaban J connectivity index is 0.000000774. The van der Waals surface area contributed by atoms with Crippen molar-refractivity contribution in [3.63, 3.8) is 0 Å². The highest BCUT2D eigenvalue weighted by molar-refractivity contribution is 5.62. The van der Waals surface area contributed by atoms with Crippen LogP contribution in [0.3, 0.4) is 0 Å². The van der Waals surface area contributed by atoms with Crippen molar-refractivity contribution < 1.29 is 4.74 Å². The molecule has 2 aromatic rings. The van der Waals surface area contributed by atoms with Crippen molar-refractivity contribution in [1.29, 1.82) is 0 Å². The van der Waals surface area contributed by atoms with Gasteiger partial charge in [-0.05, 0) is 24.1 Å². The predicted molar refractivity (Wildman–Crippen MR) is 86.2 cm³/mol. The molecule has 0 atom stereocenters. The first kappa shape index (κ1) is 15.7. The molecule has 0 aliphatic carbocycles. The van der Waals surface area contributed by atoms with Crippen LogP contribution >= 0.6 is 0 Å². The lowest BCUT2D eigenvalue weighted by Gasteiger charge is -2.26. The highest BCUT2D eigenvalue weighted by atomic mass is 16.5. The molecular weight excluding hydrogens is 262 g/mol. The van der Waals surface area contributed by atoms with Crippen LogP contribution in [-0.2, 0) is 11.3 Å². The summed E-state index contributed by atoms with van der Waals surface area (Å²) in [5, 5.41) is 7.16. The summed E-state index contributed by atoms with van der Waals surface area (Å²) in [4.78, 5) is 2.43. The highest BCUT2D eigenvalue weighted by Crippen LogP contribution is 2.22. The lowest BCUT2D eigenvalue weighted by atomic mass is 10.1. The molecular formula is C17H25N3O. The molecule has 1 aromatic heterocycles. The maximum Gasteiger partial charge on any atom is 0.0679 e. The van der Waals surface area contributed by atoms with Crippen molar-refractivity contribution in [3.05, 3.63) is 41.6 Å². The number of rotatable bonds is 3. The van der Waals surface area contributed by atoms with Crippen LogP contribution in [0.1, 0.15) is 25.0 Å². The highest BCUT2D eigenvalue weighted by Gasteiger charge is 2.11. The van der Waals surface area contributed by atoms with E-state index in [0.717, 1.165) is 38.5 Å². The van der Waals surface area contributed by atoms with E-state index in [0.29, 0.717) is 0 Å². The normalized spacial score (nSPS) is 15.4. The summed E-state index contributed by atoms with van der Waals surface area (Å²) < 4.78 is 5.38. The lowest BCUT2D eigenvalue weighted by molar-refractivity contribution is 0.0342. The Labute approximate surface area is 127 Å². The van der Waals surface area contributed by atoms with Gasteiger partial charge in [0.1, 0.15) is 0 Å². The Hall–Kier alpha value is -1.65. The number of morpholine rings is 1. The van der Waals surface area contributed by atoms with Crippen LogP contribution < -0.4 is 0 Å². The number of aryl methyl sites for hydroxylation is 1. The molecule has 4 nitrogen and oxygen atoms in total. The van der Waals surface area contributed by atoms with Crippen molar-refractivity contribution in [2.24, 2.45) is 0 Å². The van der Waals surface area contributed by atoms with E-state index in [-0.39, 0.29) is 0 Å². The molecule has 0 radical (unpaired) electrons. The number of hydrogen-bond donors (Lipinski definition) is 1. The first-order valence-corrected chi connectivity index (χ1v) is 7.72. The number of nitrogens with one attached hydrogen (secondary N) is 1. The predicted octanol–water partition coefficient (Wildman–Crippen LogP) is 3.24. The van der Waals surface area contributed by atoms with Crippen molar-refractivity contribution >= 4 is 0 Å². The summed E-state index contributed by atoms with van der Waals surface area (Å²) in [5.74, 6) is 0. The second-order valence-electron chi connectivity index (χ2n) is 5.02. The van der Waals surface area contributed by atoms with Crippen LogP contribution in [0.5, 0.6) is 0 Å². The molecule has 2 heterocycles. The minimum atomic E-state index is 0.847. The third-order valence-electron chi connectivity index (χ3n) is 3.55. The van der Waals surface area contributed by atoms with Gasteiger partial charge in [-0.3, -0.25) is 10.00 Å². The maximum atomic E-state index is 5.38. The molecule has 1 saturated heterocycles. The van der Waals surface area contributed by atoms with Crippen LogP contribution in [-0.4, -0.2) is 41.4 Å². The molecule has 1 aliphatic heterocycles. The van der Waals surface area contributed by atoms with Crippen molar-refractivity contribution in [3.8, 4) is 11.3 Å². The standard InChI is InChI=1S/C15H19N3O.C2H6/c1-12-10-16-17-15(12)14-4-2-3-13(9-14)11-18-5-7-19-8-6-18;1-2/h2-4,9-10H,5-8,11H2,1H3,(H,16,17);1-2H3. The van der Waals surface area contributed by atoms with Crippen molar-refractivity contribution in [2.75, 3.05) is 26.3 Å². The lowest BCUT2D eigenvalue weighted by Crippen LogP contribution is -2.35. The zero-order chi connectivity index (χ0) is 15.1. The summed E-state index contributed by atoms with van der Waals surface area (Å²) in [6.07, 6.45) is 1.87. The van der Waals surface area contributed by atoms with Crippen LogP contribution in [0.15, 0.2) is 30.5 Å². The minimum absolute atomic E-state index is 0.847. The molecule has 4 heteroatoms. The van der Waals surface area contributed by atoms with E-state index >= 15 is 0 Å². The number of H-pyrrole nitrogens is 1. The first-order chi connectivity index (χ1) is 10.3. The summed E-state index contributed by atoms with van der Waals surface area (Å²) in [6.45, 7) is 10.8. The quantitative estimate of drug-likeness (QED) is 0.942. The zero-order valence-corrected chi connectivity index (χ0v) is 13.2. The fourth-order valence-electron chi connectivity index (χ4n) is 2.48. The zero-order valence-electron chi connectivity index (χ0n) is 13.2. The molecule has 114 valence electrons. The van der Waals surface area contributed by atoms with E-state index in [1.165, 1.54) is 16.7 Å². The van der Waals surface area contributed by atoms with Crippen LogP contribution in [0.2, 0.25) is 0 Å². The van der Waals surface area contributed by atoms with Gasteiger partial charge in [-0.2, -0.15) is 5.10 Å². The number of aromatic amines is 1. The van der Waals surface area contributed by atoms with E-state index < -0.39 is 0 Å². The third kappa shape index (κ3) is 4.16. The average molecular weight is 287 g/mol. The fourth-order valence-corrected chi connectivity index (χ4v) is 2.48. The Bertz CT molecular complexity index is 544. The summed E-state index contributed by atoms with van der Waals surface area (Å²) >= 11 is 0. The monoisotopic (exact) mass is 287 g/mol. The van der Waals surface area contributed by atoms with Crippen LogP contribution in [0, 0.1) is 6.92 Å². The maximum absolute atomic E-state index is 5.38. The van der Waals surface area contributed by atoms with Gasteiger partial charge in [0, 0.05) is 25.2 Å². The van der Waals surface area contributed by atoms with Gasteiger partial charge in [-0.25, -0.2) is 0 Å². The number of ether oxygens (including phenoxy) is 1. The second kappa shape index (κ2) is 7.96. The molecule has 0 amide bonds. The van der Waals surface area contributed by atoms with Crippen LogP contribution in [0.4, 0.5) is 0 Å². The SMILES string of the molecule is CC.Cc1cn[nH]c1-c1cccc(CN2CCOCC2)c1. The van der Waals surface area contributed by atoms with Gasteiger partial charge in [0.25, 0.3) is 0 Å². The van der Waals surface area contributed by atoms with E-state index in [9.17, 15) is 0 Å². The second-order valence-corrected chi connectivity index (χ2v) is 5.02. The molecule has 3 rings (SSSR count). The van der Waals surface area contributed by atoms with Gasteiger partial charge in [0.2, 0.25) is 0 Å². The molecule has 0 bridgehead atoms. The third-order valence-corrected chi connectivity index (χ3v) is 3.55. The number of aromatic nitrogens is 2. The topological polar surface area (TPSA) is 41.2 Å². The van der Waals surface area contributed by atoms with Gasteiger partial charge < -0.3 is 4.74 Å². The summed E-state index contributed by atoms with van der Waals surface area (Å²) in [7, 11) is 0. The number of nitrogens with zero attached hydrogens (tertiary/aromatic N) is 2. The molecule has 0 unspecified atom stereocenters. The van der Waals surface area contributed by atoms with E-state index in [1.807, 2.05) is 20.0 Å².